The van der Waals surface area contributed by atoms with Gasteiger partial charge >= 0.3 is 0 Å². The van der Waals surface area contributed by atoms with Crippen molar-refractivity contribution in [1.29, 1.82) is 0 Å². The molecule has 2 aliphatic heterocycles. The molecule has 110 valence electrons. The molecule has 2 saturated heterocycles. The van der Waals surface area contributed by atoms with E-state index in [9.17, 15) is 4.79 Å². The van der Waals surface area contributed by atoms with Crippen LogP contribution in [0.3, 0.4) is 0 Å². The Bertz CT molecular complexity index is 271. The molecule has 2 N–H and O–H groups in total. The Morgan fingerprint density at radius 3 is 2.58 bits per heavy atom. The Balaban J connectivity index is 1.57. The van der Waals surface area contributed by atoms with Crippen LogP contribution in [0.25, 0.3) is 0 Å². The molecule has 1 amide bonds. The van der Waals surface area contributed by atoms with Gasteiger partial charge in [-0.25, -0.2) is 0 Å². The Morgan fingerprint density at radius 1 is 1.21 bits per heavy atom. The molecule has 0 aromatic carbocycles. The number of nitrogens with one attached hydrogen (secondary N) is 2. The number of hydrogen-bond donors (Lipinski definition) is 2. The minimum absolute atomic E-state index is 0.0469. The second kappa shape index (κ2) is 7.82. The molecule has 0 radical (unpaired) electrons. The maximum atomic E-state index is 11.9. The molecule has 2 rings (SSSR count). The molecule has 2 heterocycles. The van der Waals surface area contributed by atoms with Crippen molar-refractivity contribution >= 4 is 5.91 Å². The summed E-state index contributed by atoms with van der Waals surface area (Å²) in [6.45, 7) is 10.7. The van der Waals surface area contributed by atoms with Gasteiger partial charge in [0.15, 0.2) is 0 Å². The Labute approximate surface area is 116 Å². The third kappa shape index (κ3) is 4.75. The topological polar surface area (TPSA) is 47.6 Å². The van der Waals surface area contributed by atoms with Gasteiger partial charge in [0, 0.05) is 39.3 Å². The first-order valence-electron chi connectivity index (χ1n) is 7.75. The number of piperazine rings is 1. The zero-order chi connectivity index (χ0) is 13.5. The summed E-state index contributed by atoms with van der Waals surface area (Å²) in [4.78, 5) is 16.9. The van der Waals surface area contributed by atoms with Crippen LogP contribution < -0.4 is 10.6 Å². The first-order valence-corrected chi connectivity index (χ1v) is 7.75. The van der Waals surface area contributed by atoms with Gasteiger partial charge in [0.05, 0.1) is 6.04 Å². The summed E-state index contributed by atoms with van der Waals surface area (Å²) >= 11 is 0. The number of likely N-dealkylation sites (N-methyl/N-ethyl adjacent to an activating group) is 1. The molecule has 0 bridgehead atoms. The predicted molar refractivity (Wildman–Crippen MR) is 77.2 cm³/mol. The van der Waals surface area contributed by atoms with Gasteiger partial charge < -0.3 is 15.5 Å². The highest BCUT2D eigenvalue weighted by Crippen LogP contribution is 2.06. The van der Waals surface area contributed by atoms with Crippen molar-refractivity contribution in [2.24, 2.45) is 0 Å². The van der Waals surface area contributed by atoms with Crippen LogP contribution in [0, 0.1) is 0 Å². The highest BCUT2D eigenvalue weighted by molar-refractivity contribution is 5.81. The summed E-state index contributed by atoms with van der Waals surface area (Å²) < 4.78 is 0. The quantitative estimate of drug-likeness (QED) is 0.730. The van der Waals surface area contributed by atoms with Gasteiger partial charge in [0.2, 0.25) is 5.91 Å². The van der Waals surface area contributed by atoms with Crippen LogP contribution in [0.1, 0.15) is 26.2 Å². The largest absolute Gasteiger partial charge is 0.353 e. The average molecular weight is 268 g/mol. The number of rotatable bonds is 5. The smallest absolute Gasteiger partial charge is 0.237 e. The second-order valence-electron chi connectivity index (χ2n) is 5.57. The third-order valence-electron chi connectivity index (χ3n) is 4.27. The lowest BCUT2D eigenvalue weighted by atomic mass is 10.0. The van der Waals surface area contributed by atoms with Gasteiger partial charge in [0.1, 0.15) is 0 Å². The summed E-state index contributed by atoms with van der Waals surface area (Å²) in [5.74, 6) is 0.187. The van der Waals surface area contributed by atoms with Crippen molar-refractivity contribution in [3.05, 3.63) is 0 Å². The van der Waals surface area contributed by atoms with E-state index in [0.717, 1.165) is 58.8 Å². The Kier molecular flexibility index (Phi) is 6.07. The van der Waals surface area contributed by atoms with Crippen LogP contribution in [0.5, 0.6) is 0 Å². The highest BCUT2D eigenvalue weighted by Gasteiger charge is 2.20. The normalized spacial score (nSPS) is 26.3. The van der Waals surface area contributed by atoms with Gasteiger partial charge in [-0.3, -0.25) is 9.69 Å². The van der Waals surface area contributed by atoms with Crippen molar-refractivity contribution in [1.82, 2.24) is 20.4 Å². The zero-order valence-electron chi connectivity index (χ0n) is 12.2. The van der Waals surface area contributed by atoms with Gasteiger partial charge in [0.25, 0.3) is 0 Å². The van der Waals surface area contributed by atoms with Gasteiger partial charge in [-0.2, -0.15) is 0 Å². The number of carbonyl (C=O) groups is 1. The van der Waals surface area contributed by atoms with Gasteiger partial charge in [-0.05, 0) is 25.9 Å². The molecule has 1 unspecified atom stereocenters. The van der Waals surface area contributed by atoms with E-state index in [0.29, 0.717) is 0 Å². The highest BCUT2D eigenvalue weighted by atomic mass is 16.2. The molecule has 1 atom stereocenters. The molecule has 2 aliphatic rings. The fraction of sp³-hybridized carbons (Fsp3) is 0.929. The molecule has 0 spiro atoms. The van der Waals surface area contributed by atoms with Crippen molar-refractivity contribution in [3.63, 3.8) is 0 Å². The number of piperidine rings is 1. The van der Waals surface area contributed by atoms with E-state index >= 15 is 0 Å². The van der Waals surface area contributed by atoms with Crippen LogP contribution >= 0.6 is 0 Å². The molecule has 5 heteroatoms. The molecule has 0 aromatic heterocycles. The van der Waals surface area contributed by atoms with E-state index in [2.05, 4.69) is 27.4 Å². The van der Waals surface area contributed by atoms with E-state index in [1.54, 1.807) is 0 Å². The lowest BCUT2D eigenvalue weighted by Crippen LogP contribution is -2.50. The molecule has 2 fully saturated rings. The van der Waals surface area contributed by atoms with Crippen LogP contribution in [0.15, 0.2) is 0 Å². The average Bonchev–Trinajstić information content (AvgIpc) is 2.49. The fourth-order valence-electron chi connectivity index (χ4n) is 2.87. The summed E-state index contributed by atoms with van der Waals surface area (Å²) in [6, 6.07) is 0.0469. The summed E-state index contributed by atoms with van der Waals surface area (Å²) in [6.07, 6.45) is 3.36. The van der Waals surface area contributed by atoms with Gasteiger partial charge in [-0.15, -0.1) is 0 Å². The third-order valence-corrected chi connectivity index (χ3v) is 4.27. The minimum Gasteiger partial charge on any atom is -0.353 e. The predicted octanol–water partition coefficient (Wildman–Crippen LogP) is -0.118. The zero-order valence-corrected chi connectivity index (χ0v) is 12.2. The number of carbonyl (C=O) groups excluding carboxylic acids is 1. The minimum atomic E-state index is 0.0469. The SMILES string of the molecule is CCN1CCN(CCNC(=O)C2CCCCN2)CC1. The van der Waals surface area contributed by atoms with E-state index in [4.69, 9.17) is 0 Å². The molecule has 19 heavy (non-hydrogen) atoms. The van der Waals surface area contributed by atoms with Crippen molar-refractivity contribution < 1.29 is 4.79 Å². The van der Waals surface area contributed by atoms with E-state index in [1.165, 1.54) is 12.8 Å². The van der Waals surface area contributed by atoms with E-state index < -0.39 is 0 Å². The lowest BCUT2D eigenvalue weighted by Gasteiger charge is -2.34. The molecule has 5 nitrogen and oxygen atoms in total. The van der Waals surface area contributed by atoms with Crippen LogP contribution in [0.2, 0.25) is 0 Å². The number of amides is 1. The van der Waals surface area contributed by atoms with E-state index in [-0.39, 0.29) is 11.9 Å². The van der Waals surface area contributed by atoms with Crippen LogP contribution in [0.4, 0.5) is 0 Å². The first-order chi connectivity index (χ1) is 9.29. The Hall–Kier alpha value is -0.650. The lowest BCUT2D eigenvalue weighted by molar-refractivity contribution is -0.123. The molecule has 0 aromatic rings. The molecule has 0 aliphatic carbocycles. The number of nitrogens with zero attached hydrogens (tertiary/aromatic N) is 2. The first kappa shape index (κ1) is 14.8. The fourth-order valence-corrected chi connectivity index (χ4v) is 2.87. The monoisotopic (exact) mass is 268 g/mol. The molecular formula is C14H28N4O. The van der Waals surface area contributed by atoms with Crippen LogP contribution in [-0.4, -0.2) is 74.1 Å². The van der Waals surface area contributed by atoms with Crippen molar-refractivity contribution in [3.8, 4) is 0 Å². The summed E-state index contributed by atoms with van der Waals surface area (Å²) in [5.41, 5.74) is 0. The van der Waals surface area contributed by atoms with Crippen LogP contribution in [-0.2, 0) is 4.79 Å². The summed E-state index contributed by atoms with van der Waals surface area (Å²) in [7, 11) is 0. The van der Waals surface area contributed by atoms with Crippen molar-refractivity contribution in [2.45, 2.75) is 32.2 Å². The van der Waals surface area contributed by atoms with E-state index in [1.807, 2.05) is 0 Å². The standard InChI is InChI=1S/C14H28N4O/c1-2-17-9-11-18(12-10-17)8-7-16-14(19)13-5-3-4-6-15-13/h13,15H,2-12H2,1H3,(H,16,19). The Morgan fingerprint density at radius 2 is 1.95 bits per heavy atom. The molecule has 0 saturated carbocycles. The number of hydrogen-bond acceptors (Lipinski definition) is 4. The maximum Gasteiger partial charge on any atom is 0.237 e. The molecular weight excluding hydrogens is 240 g/mol. The maximum absolute atomic E-state index is 11.9. The second-order valence-corrected chi connectivity index (χ2v) is 5.57. The summed E-state index contributed by atoms with van der Waals surface area (Å²) in [5, 5.41) is 6.36. The van der Waals surface area contributed by atoms with Gasteiger partial charge in [-0.1, -0.05) is 13.3 Å². The van der Waals surface area contributed by atoms with Crippen molar-refractivity contribution in [2.75, 3.05) is 52.4 Å².